The van der Waals surface area contributed by atoms with Crippen molar-refractivity contribution in [1.29, 1.82) is 0 Å². The Labute approximate surface area is 117 Å². The first kappa shape index (κ1) is 11.5. The molecule has 100 valence electrons. The van der Waals surface area contributed by atoms with Gasteiger partial charge in [-0.2, -0.15) is 0 Å². The number of aromatic nitrogens is 1. The summed E-state index contributed by atoms with van der Waals surface area (Å²) >= 11 is 0. The minimum atomic E-state index is 0.445. The lowest BCUT2D eigenvalue weighted by Gasteiger charge is -2.06. The van der Waals surface area contributed by atoms with Gasteiger partial charge in [0.25, 0.3) is 0 Å². The average Bonchev–Trinajstić information content (AvgIpc) is 3.03. The van der Waals surface area contributed by atoms with E-state index in [0.29, 0.717) is 5.92 Å². The molecular weight excluding hydrogens is 248 g/mol. The highest BCUT2D eigenvalue weighted by molar-refractivity contribution is 5.73. The van der Waals surface area contributed by atoms with Crippen LogP contribution in [0.3, 0.4) is 0 Å². The van der Waals surface area contributed by atoms with Crippen molar-refractivity contribution >= 4 is 16.8 Å². The van der Waals surface area contributed by atoms with Crippen molar-refractivity contribution < 1.29 is 4.42 Å². The SMILES string of the molecule is Cc1ccc2oc(CC3CNc4ccccc43)nc2c1. The molecule has 0 saturated heterocycles. The van der Waals surface area contributed by atoms with E-state index in [1.54, 1.807) is 0 Å². The lowest BCUT2D eigenvalue weighted by atomic mass is 9.98. The third kappa shape index (κ3) is 1.86. The number of para-hydroxylation sites is 1. The minimum absolute atomic E-state index is 0.445. The Kier molecular flexibility index (Phi) is 2.52. The van der Waals surface area contributed by atoms with Crippen molar-refractivity contribution in [1.82, 2.24) is 4.98 Å². The molecule has 0 bridgehead atoms. The first-order valence-corrected chi connectivity index (χ1v) is 6.98. The highest BCUT2D eigenvalue weighted by Gasteiger charge is 2.23. The summed E-state index contributed by atoms with van der Waals surface area (Å²) in [5.41, 5.74) is 5.66. The molecule has 0 radical (unpaired) electrons. The predicted octanol–water partition coefficient (Wildman–Crippen LogP) is 3.89. The van der Waals surface area contributed by atoms with Crippen LogP contribution in [-0.4, -0.2) is 11.5 Å². The van der Waals surface area contributed by atoms with E-state index in [-0.39, 0.29) is 0 Å². The molecule has 0 spiro atoms. The zero-order valence-corrected chi connectivity index (χ0v) is 11.4. The number of benzene rings is 2. The topological polar surface area (TPSA) is 38.1 Å². The molecule has 4 rings (SSSR count). The van der Waals surface area contributed by atoms with Crippen molar-refractivity contribution in [3.8, 4) is 0 Å². The molecule has 0 aliphatic carbocycles. The van der Waals surface area contributed by atoms with E-state index < -0.39 is 0 Å². The summed E-state index contributed by atoms with van der Waals surface area (Å²) < 4.78 is 5.86. The Morgan fingerprint density at radius 2 is 2.15 bits per heavy atom. The van der Waals surface area contributed by atoms with Crippen molar-refractivity contribution in [3.05, 3.63) is 59.5 Å². The van der Waals surface area contributed by atoms with Crippen molar-refractivity contribution in [2.45, 2.75) is 19.3 Å². The van der Waals surface area contributed by atoms with Gasteiger partial charge in [-0.15, -0.1) is 0 Å². The molecule has 3 heteroatoms. The molecule has 0 fully saturated rings. The summed E-state index contributed by atoms with van der Waals surface area (Å²) in [6.45, 7) is 3.03. The zero-order valence-electron chi connectivity index (χ0n) is 11.4. The highest BCUT2D eigenvalue weighted by atomic mass is 16.3. The van der Waals surface area contributed by atoms with Gasteiger partial charge in [0.15, 0.2) is 11.5 Å². The van der Waals surface area contributed by atoms with E-state index in [1.165, 1.54) is 16.8 Å². The fourth-order valence-electron chi connectivity index (χ4n) is 2.92. The van der Waals surface area contributed by atoms with Crippen LogP contribution in [0.15, 0.2) is 46.9 Å². The monoisotopic (exact) mass is 264 g/mol. The third-order valence-electron chi connectivity index (χ3n) is 3.95. The summed E-state index contributed by atoms with van der Waals surface area (Å²) in [4.78, 5) is 4.62. The number of fused-ring (bicyclic) bond motifs is 2. The van der Waals surface area contributed by atoms with Crippen LogP contribution in [0.2, 0.25) is 0 Å². The molecule has 0 amide bonds. The van der Waals surface area contributed by atoms with Gasteiger partial charge >= 0.3 is 0 Å². The van der Waals surface area contributed by atoms with Crippen LogP contribution in [0, 0.1) is 6.92 Å². The average molecular weight is 264 g/mol. The molecule has 1 unspecified atom stereocenters. The fourth-order valence-corrected chi connectivity index (χ4v) is 2.92. The summed E-state index contributed by atoms with van der Waals surface area (Å²) in [7, 11) is 0. The molecule has 1 N–H and O–H groups in total. The van der Waals surface area contributed by atoms with Gasteiger partial charge in [-0.05, 0) is 36.2 Å². The zero-order chi connectivity index (χ0) is 13.5. The maximum Gasteiger partial charge on any atom is 0.196 e. The summed E-state index contributed by atoms with van der Waals surface area (Å²) in [5.74, 6) is 1.27. The normalized spacial score (nSPS) is 17.1. The molecule has 20 heavy (non-hydrogen) atoms. The predicted molar refractivity (Wildman–Crippen MR) is 80.1 cm³/mol. The molecule has 1 aromatic heterocycles. The van der Waals surface area contributed by atoms with Gasteiger partial charge < -0.3 is 9.73 Å². The molecule has 0 saturated carbocycles. The minimum Gasteiger partial charge on any atom is -0.441 e. The Morgan fingerprint density at radius 1 is 1.25 bits per heavy atom. The number of nitrogens with one attached hydrogen (secondary N) is 1. The second-order valence-corrected chi connectivity index (χ2v) is 5.45. The molecule has 1 aliphatic rings. The van der Waals surface area contributed by atoms with Gasteiger partial charge in [-0.3, -0.25) is 0 Å². The summed E-state index contributed by atoms with van der Waals surface area (Å²) in [5, 5.41) is 3.44. The fraction of sp³-hybridized carbons (Fsp3) is 0.235. The quantitative estimate of drug-likeness (QED) is 0.763. The third-order valence-corrected chi connectivity index (χ3v) is 3.95. The molecule has 1 atom stereocenters. The molecular formula is C17H16N2O. The standard InChI is InChI=1S/C17H16N2O/c1-11-6-7-16-15(8-11)19-17(20-16)9-12-10-18-14-5-3-2-4-13(12)14/h2-8,12,18H,9-10H2,1H3. The largest absolute Gasteiger partial charge is 0.441 e. The smallest absolute Gasteiger partial charge is 0.196 e. The number of oxazole rings is 1. The van der Waals surface area contributed by atoms with Gasteiger partial charge in [0.1, 0.15) is 5.52 Å². The molecule has 3 aromatic rings. The summed E-state index contributed by atoms with van der Waals surface area (Å²) in [6.07, 6.45) is 0.845. The molecule has 2 heterocycles. The molecule has 2 aromatic carbocycles. The molecule has 3 nitrogen and oxygen atoms in total. The first-order chi connectivity index (χ1) is 9.79. The van der Waals surface area contributed by atoms with Crippen LogP contribution in [0.1, 0.15) is 22.9 Å². The van der Waals surface area contributed by atoms with E-state index in [0.717, 1.165) is 30.0 Å². The highest BCUT2D eigenvalue weighted by Crippen LogP contribution is 2.33. The van der Waals surface area contributed by atoms with E-state index in [9.17, 15) is 0 Å². The van der Waals surface area contributed by atoms with Crippen LogP contribution in [0.5, 0.6) is 0 Å². The summed E-state index contributed by atoms with van der Waals surface area (Å²) in [6, 6.07) is 14.6. The molecule has 1 aliphatic heterocycles. The van der Waals surface area contributed by atoms with Gasteiger partial charge in [0.2, 0.25) is 0 Å². The maximum absolute atomic E-state index is 5.86. The Morgan fingerprint density at radius 3 is 3.10 bits per heavy atom. The number of aryl methyl sites for hydroxylation is 1. The van der Waals surface area contributed by atoms with E-state index in [1.807, 2.05) is 6.07 Å². The van der Waals surface area contributed by atoms with Crippen LogP contribution in [0.25, 0.3) is 11.1 Å². The number of rotatable bonds is 2. The van der Waals surface area contributed by atoms with Gasteiger partial charge in [-0.1, -0.05) is 24.3 Å². The van der Waals surface area contributed by atoms with Gasteiger partial charge in [-0.25, -0.2) is 4.98 Å². The van der Waals surface area contributed by atoms with Crippen LogP contribution >= 0.6 is 0 Å². The Bertz CT molecular complexity index is 776. The van der Waals surface area contributed by atoms with E-state index in [2.05, 4.69) is 53.6 Å². The first-order valence-electron chi connectivity index (χ1n) is 6.98. The number of anilines is 1. The Balaban J connectivity index is 1.65. The van der Waals surface area contributed by atoms with Gasteiger partial charge in [0, 0.05) is 24.6 Å². The van der Waals surface area contributed by atoms with Crippen molar-refractivity contribution in [2.24, 2.45) is 0 Å². The maximum atomic E-state index is 5.86. The number of nitrogens with zero attached hydrogens (tertiary/aromatic N) is 1. The number of hydrogen-bond donors (Lipinski definition) is 1. The van der Waals surface area contributed by atoms with Crippen molar-refractivity contribution in [2.75, 3.05) is 11.9 Å². The second-order valence-electron chi connectivity index (χ2n) is 5.45. The van der Waals surface area contributed by atoms with Crippen LogP contribution in [-0.2, 0) is 6.42 Å². The van der Waals surface area contributed by atoms with Gasteiger partial charge in [0.05, 0.1) is 0 Å². The lowest BCUT2D eigenvalue weighted by Crippen LogP contribution is -2.05. The number of hydrogen-bond acceptors (Lipinski definition) is 3. The van der Waals surface area contributed by atoms with Crippen molar-refractivity contribution in [3.63, 3.8) is 0 Å². The lowest BCUT2D eigenvalue weighted by molar-refractivity contribution is 0.507. The Hall–Kier alpha value is -2.29. The van der Waals surface area contributed by atoms with E-state index >= 15 is 0 Å². The van der Waals surface area contributed by atoms with Crippen LogP contribution < -0.4 is 5.32 Å². The van der Waals surface area contributed by atoms with E-state index in [4.69, 9.17) is 4.42 Å². The van der Waals surface area contributed by atoms with Crippen LogP contribution in [0.4, 0.5) is 5.69 Å². The second kappa shape index (κ2) is 4.37.